The van der Waals surface area contributed by atoms with Gasteiger partial charge in [-0.2, -0.15) is 5.10 Å². The summed E-state index contributed by atoms with van der Waals surface area (Å²) in [4.78, 5) is 0. The van der Waals surface area contributed by atoms with E-state index in [2.05, 4.69) is 36.4 Å². The van der Waals surface area contributed by atoms with E-state index < -0.39 is 0 Å². The van der Waals surface area contributed by atoms with Crippen LogP contribution in [0.2, 0.25) is 10.0 Å². The van der Waals surface area contributed by atoms with Gasteiger partial charge < -0.3 is 0 Å². The zero-order chi connectivity index (χ0) is 18.6. The number of hydrazone groups is 1. The predicted molar refractivity (Wildman–Crippen MR) is 116 cm³/mol. The molecule has 1 aliphatic rings. The first kappa shape index (κ1) is 17.8. The molecule has 0 fully saturated rings. The number of hydrogen-bond donors (Lipinski definition) is 0. The van der Waals surface area contributed by atoms with Crippen LogP contribution in [0.1, 0.15) is 23.6 Å². The Morgan fingerprint density at radius 1 is 0.852 bits per heavy atom. The van der Waals surface area contributed by atoms with Gasteiger partial charge in [0.15, 0.2) is 0 Å². The zero-order valence-electron chi connectivity index (χ0n) is 14.6. The summed E-state index contributed by atoms with van der Waals surface area (Å²) in [5, 5.41) is 8.11. The van der Waals surface area contributed by atoms with E-state index in [4.69, 9.17) is 28.3 Å². The topological polar surface area (TPSA) is 15.6 Å². The van der Waals surface area contributed by atoms with Crippen molar-refractivity contribution in [3.63, 3.8) is 0 Å². The lowest BCUT2D eigenvalue weighted by Gasteiger charge is -2.25. The minimum atomic E-state index is 0.0811. The molecule has 27 heavy (non-hydrogen) atoms. The number of allylic oxidation sites excluding steroid dienone is 1. The van der Waals surface area contributed by atoms with Crippen molar-refractivity contribution in [3.8, 4) is 0 Å². The van der Waals surface area contributed by atoms with Crippen LogP contribution in [0, 0.1) is 0 Å². The van der Waals surface area contributed by atoms with Crippen molar-refractivity contribution in [1.82, 2.24) is 0 Å². The Hall–Kier alpha value is -2.55. The number of anilines is 1. The molecule has 0 bridgehead atoms. The van der Waals surface area contributed by atoms with E-state index in [1.54, 1.807) is 6.07 Å². The van der Waals surface area contributed by atoms with Crippen molar-refractivity contribution in [3.05, 3.63) is 106 Å². The molecule has 0 N–H and O–H groups in total. The van der Waals surface area contributed by atoms with E-state index in [0.717, 1.165) is 23.4 Å². The number of rotatable bonds is 4. The van der Waals surface area contributed by atoms with Crippen molar-refractivity contribution in [2.24, 2.45) is 5.10 Å². The summed E-state index contributed by atoms with van der Waals surface area (Å²) in [7, 11) is 0. The van der Waals surface area contributed by atoms with E-state index >= 15 is 0 Å². The molecule has 3 aromatic carbocycles. The SMILES string of the molecule is Clc1ccc(Cl)c(N2N=C(/C=C\c3ccccc3)C[C@H]2c2ccccc2)c1. The van der Waals surface area contributed by atoms with Crippen LogP contribution in [0.25, 0.3) is 6.08 Å². The van der Waals surface area contributed by atoms with Crippen LogP contribution in [0.5, 0.6) is 0 Å². The van der Waals surface area contributed by atoms with Gasteiger partial charge in [0.25, 0.3) is 0 Å². The summed E-state index contributed by atoms with van der Waals surface area (Å²) < 4.78 is 0. The molecule has 0 unspecified atom stereocenters. The summed E-state index contributed by atoms with van der Waals surface area (Å²) in [6.45, 7) is 0. The number of hydrogen-bond acceptors (Lipinski definition) is 2. The second-order valence-electron chi connectivity index (χ2n) is 6.41. The molecule has 4 rings (SSSR count). The fourth-order valence-electron chi connectivity index (χ4n) is 3.21. The quantitative estimate of drug-likeness (QED) is 0.465. The molecule has 0 saturated carbocycles. The molecule has 2 nitrogen and oxygen atoms in total. The van der Waals surface area contributed by atoms with Gasteiger partial charge in [0.1, 0.15) is 0 Å². The van der Waals surface area contributed by atoms with Gasteiger partial charge in [-0.15, -0.1) is 0 Å². The third-order valence-electron chi connectivity index (χ3n) is 4.54. The van der Waals surface area contributed by atoms with Crippen LogP contribution in [0.4, 0.5) is 5.69 Å². The molecule has 0 aliphatic carbocycles. The minimum Gasteiger partial charge on any atom is -0.256 e. The van der Waals surface area contributed by atoms with E-state index in [0.29, 0.717) is 10.0 Å². The van der Waals surface area contributed by atoms with Gasteiger partial charge in [-0.1, -0.05) is 89.9 Å². The van der Waals surface area contributed by atoms with E-state index in [-0.39, 0.29) is 6.04 Å². The van der Waals surface area contributed by atoms with Gasteiger partial charge in [0.2, 0.25) is 0 Å². The van der Waals surface area contributed by atoms with Crippen LogP contribution < -0.4 is 5.01 Å². The molecule has 1 atom stereocenters. The standard InChI is InChI=1S/C23H18Cl2N2/c24-19-12-14-21(25)23(15-19)27-22(18-9-5-2-6-10-18)16-20(26-27)13-11-17-7-3-1-4-8-17/h1-15,22H,16H2/b13-11-/t22-/m0/s1. The monoisotopic (exact) mass is 392 g/mol. The Kier molecular flexibility index (Phi) is 5.28. The smallest absolute Gasteiger partial charge is 0.0832 e. The largest absolute Gasteiger partial charge is 0.256 e. The molecule has 134 valence electrons. The van der Waals surface area contributed by atoms with E-state index in [9.17, 15) is 0 Å². The first-order valence-corrected chi connectivity index (χ1v) is 9.56. The average molecular weight is 393 g/mol. The molecule has 0 saturated heterocycles. The first-order valence-electron chi connectivity index (χ1n) is 8.80. The Bertz CT molecular complexity index is 982. The molecule has 0 aromatic heterocycles. The normalized spacial score (nSPS) is 16.7. The summed E-state index contributed by atoms with van der Waals surface area (Å²) >= 11 is 12.7. The Morgan fingerprint density at radius 2 is 1.56 bits per heavy atom. The maximum atomic E-state index is 6.46. The molecule has 1 aliphatic heterocycles. The summed E-state index contributed by atoms with van der Waals surface area (Å²) in [5.41, 5.74) is 4.17. The zero-order valence-corrected chi connectivity index (χ0v) is 16.1. The van der Waals surface area contributed by atoms with Crippen molar-refractivity contribution in [1.29, 1.82) is 0 Å². The van der Waals surface area contributed by atoms with E-state index in [1.807, 2.05) is 53.5 Å². The second-order valence-corrected chi connectivity index (χ2v) is 7.25. The molecule has 1 heterocycles. The van der Waals surface area contributed by atoms with Gasteiger partial charge in [0.05, 0.1) is 22.5 Å². The van der Waals surface area contributed by atoms with Crippen LogP contribution in [0.15, 0.2) is 90.0 Å². The van der Waals surface area contributed by atoms with E-state index in [1.165, 1.54) is 5.56 Å². The molecular formula is C23H18Cl2N2. The van der Waals surface area contributed by atoms with Crippen LogP contribution >= 0.6 is 23.2 Å². The fourth-order valence-corrected chi connectivity index (χ4v) is 3.58. The maximum Gasteiger partial charge on any atom is 0.0832 e. The number of halogens is 2. The number of benzene rings is 3. The maximum absolute atomic E-state index is 6.46. The molecule has 3 aromatic rings. The Labute approximate surface area is 169 Å². The minimum absolute atomic E-state index is 0.0811. The molecule has 0 radical (unpaired) electrons. The van der Waals surface area contributed by atoms with Gasteiger partial charge in [-0.25, -0.2) is 0 Å². The molecule has 0 spiro atoms. The van der Waals surface area contributed by atoms with Crippen LogP contribution in [0.3, 0.4) is 0 Å². The van der Waals surface area contributed by atoms with Crippen molar-refractivity contribution in [2.75, 3.05) is 5.01 Å². The van der Waals surface area contributed by atoms with Crippen LogP contribution in [-0.4, -0.2) is 5.71 Å². The Morgan fingerprint density at radius 3 is 2.30 bits per heavy atom. The van der Waals surface area contributed by atoms with Crippen molar-refractivity contribution in [2.45, 2.75) is 12.5 Å². The number of nitrogens with zero attached hydrogens (tertiary/aromatic N) is 2. The molecular weight excluding hydrogens is 375 g/mol. The lowest BCUT2D eigenvalue weighted by atomic mass is 10.0. The highest BCUT2D eigenvalue weighted by Crippen LogP contribution is 2.40. The van der Waals surface area contributed by atoms with Gasteiger partial charge in [0, 0.05) is 11.4 Å². The third kappa shape index (κ3) is 4.08. The lowest BCUT2D eigenvalue weighted by Crippen LogP contribution is -2.18. The van der Waals surface area contributed by atoms with Gasteiger partial charge in [-0.05, 0) is 35.4 Å². The highest BCUT2D eigenvalue weighted by molar-refractivity contribution is 6.35. The molecule has 4 heteroatoms. The van der Waals surface area contributed by atoms with Crippen molar-refractivity contribution >= 4 is 40.7 Å². The highest BCUT2D eigenvalue weighted by Gasteiger charge is 2.29. The van der Waals surface area contributed by atoms with Crippen molar-refractivity contribution < 1.29 is 0 Å². The molecule has 0 amide bonds. The lowest BCUT2D eigenvalue weighted by molar-refractivity contribution is 0.709. The van der Waals surface area contributed by atoms with Gasteiger partial charge >= 0.3 is 0 Å². The Balaban J connectivity index is 1.70. The average Bonchev–Trinajstić information content (AvgIpc) is 3.14. The fraction of sp³-hybridized carbons (Fsp3) is 0.0870. The summed E-state index contributed by atoms with van der Waals surface area (Å²) in [6.07, 6.45) is 4.96. The third-order valence-corrected chi connectivity index (χ3v) is 5.10. The summed E-state index contributed by atoms with van der Waals surface area (Å²) in [6, 6.07) is 26.1. The highest BCUT2D eigenvalue weighted by atomic mass is 35.5. The van der Waals surface area contributed by atoms with Gasteiger partial charge in [-0.3, -0.25) is 5.01 Å². The second kappa shape index (κ2) is 7.99. The first-order chi connectivity index (χ1) is 13.2. The predicted octanol–water partition coefficient (Wildman–Crippen LogP) is 7.01. The van der Waals surface area contributed by atoms with Crippen LogP contribution in [-0.2, 0) is 0 Å². The summed E-state index contributed by atoms with van der Waals surface area (Å²) in [5.74, 6) is 0.